The first-order valence-corrected chi connectivity index (χ1v) is 14.5. The zero-order chi connectivity index (χ0) is 29.3. The molecule has 0 aliphatic carbocycles. The third kappa shape index (κ3) is 4.79. The van der Waals surface area contributed by atoms with E-state index in [4.69, 9.17) is 4.74 Å². The molecule has 1 aromatic rings. The molecular weight excluding hydrogens is 506 g/mol. The topological polar surface area (TPSA) is 90.4 Å². The summed E-state index contributed by atoms with van der Waals surface area (Å²) in [6.45, 7) is 16.6. The minimum atomic E-state index is -1.09. The van der Waals surface area contributed by atoms with Crippen molar-refractivity contribution in [2.24, 2.45) is 11.8 Å². The quantitative estimate of drug-likeness (QED) is 0.314. The van der Waals surface area contributed by atoms with E-state index in [-0.39, 0.29) is 24.3 Å². The predicted octanol–water partition coefficient (Wildman–Crippen LogP) is 3.95. The minimum Gasteiger partial charge on any atom is -0.396 e. The highest BCUT2D eigenvalue weighted by Gasteiger charge is 2.79. The summed E-state index contributed by atoms with van der Waals surface area (Å²) in [5, 5.41) is 9.44. The number of aliphatic hydroxyl groups excluding tert-OH is 1. The summed E-state index contributed by atoms with van der Waals surface area (Å²) in [6, 6.07) is 8.57. The minimum absolute atomic E-state index is 0.00391. The van der Waals surface area contributed by atoms with Gasteiger partial charge >= 0.3 is 0 Å². The number of unbranched alkanes of at least 4 members (excludes halogenated alkanes) is 1. The van der Waals surface area contributed by atoms with Gasteiger partial charge in [-0.25, -0.2) is 0 Å². The number of hydrogen-bond acceptors (Lipinski definition) is 5. The van der Waals surface area contributed by atoms with Crippen LogP contribution in [0.25, 0.3) is 0 Å². The van der Waals surface area contributed by atoms with Crippen molar-refractivity contribution in [3.05, 3.63) is 55.6 Å². The van der Waals surface area contributed by atoms with Crippen molar-refractivity contribution in [1.29, 1.82) is 0 Å². The number of anilines is 1. The van der Waals surface area contributed by atoms with Gasteiger partial charge in [0.25, 0.3) is 0 Å². The van der Waals surface area contributed by atoms with Crippen molar-refractivity contribution in [3.8, 4) is 0 Å². The molecule has 3 saturated heterocycles. The van der Waals surface area contributed by atoms with Crippen molar-refractivity contribution in [3.63, 3.8) is 0 Å². The summed E-state index contributed by atoms with van der Waals surface area (Å²) in [5.74, 6) is -2.05. The average molecular weight is 552 g/mol. The van der Waals surface area contributed by atoms with E-state index < -0.39 is 34.6 Å². The van der Waals surface area contributed by atoms with Gasteiger partial charge < -0.3 is 24.5 Å². The number of amides is 3. The Bertz CT molecular complexity index is 1130. The monoisotopic (exact) mass is 551 g/mol. The predicted molar refractivity (Wildman–Crippen MR) is 156 cm³/mol. The number of fused-ring (bicyclic) bond motifs is 1. The molecule has 1 N–H and O–H groups in total. The largest absolute Gasteiger partial charge is 0.396 e. The lowest BCUT2D eigenvalue weighted by Crippen LogP contribution is -2.60. The van der Waals surface area contributed by atoms with Gasteiger partial charge in [-0.2, -0.15) is 0 Å². The number of likely N-dealkylation sites (tertiary alicyclic amines) is 1. The molecule has 4 rings (SSSR count). The number of hydrogen-bond donors (Lipinski definition) is 1. The number of aliphatic hydroxyl groups is 1. The second kappa shape index (κ2) is 11.5. The molecular formula is C32H45N3O5. The normalized spacial score (nSPS) is 28.9. The van der Waals surface area contributed by atoms with Crippen LogP contribution >= 0.6 is 0 Å². The number of nitrogens with zero attached hydrogens (tertiary/aromatic N) is 3. The Labute approximate surface area is 238 Å². The van der Waals surface area contributed by atoms with Crippen LogP contribution < -0.4 is 4.90 Å². The molecule has 5 atom stereocenters. The van der Waals surface area contributed by atoms with E-state index in [1.165, 1.54) is 0 Å². The number of rotatable bonds is 12. The summed E-state index contributed by atoms with van der Waals surface area (Å²) < 4.78 is 6.94. The van der Waals surface area contributed by atoms with Crippen molar-refractivity contribution >= 4 is 23.4 Å². The second-order valence-corrected chi connectivity index (χ2v) is 12.3. The molecule has 3 heterocycles. The van der Waals surface area contributed by atoms with Gasteiger partial charge in [0.05, 0.1) is 17.4 Å². The molecule has 1 spiro atoms. The van der Waals surface area contributed by atoms with E-state index in [1.807, 2.05) is 58.0 Å². The third-order valence-corrected chi connectivity index (χ3v) is 9.02. The van der Waals surface area contributed by atoms with E-state index >= 15 is 0 Å². The van der Waals surface area contributed by atoms with Crippen LogP contribution in [0.3, 0.4) is 0 Å². The van der Waals surface area contributed by atoms with Crippen molar-refractivity contribution in [1.82, 2.24) is 9.80 Å². The molecule has 0 radical (unpaired) electrons. The molecule has 218 valence electrons. The maximum Gasteiger partial charge on any atom is 0.249 e. The first-order chi connectivity index (χ1) is 19.0. The van der Waals surface area contributed by atoms with Gasteiger partial charge in [0.2, 0.25) is 17.7 Å². The average Bonchev–Trinajstić information content (AvgIpc) is 3.53. The molecule has 0 saturated carbocycles. The Morgan fingerprint density at radius 3 is 2.35 bits per heavy atom. The van der Waals surface area contributed by atoms with Gasteiger partial charge in [-0.1, -0.05) is 37.3 Å². The Hall–Kier alpha value is -2.97. The van der Waals surface area contributed by atoms with E-state index in [0.717, 1.165) is 5.69 Å². The van der Waals surface area contributed by atoms with Gasteiger partial charge in [0, 0.05) is 37.5 Å². The smallest absolute Gasteiger partial charge is 0.249 e. The number of carbonyl (C=O) groups excluding carboxylic acids is 3. The lowest BCUT2D eigenvalue weighted by atomic mass is 9.64. The van der Waals surface area contributed by atoms with Crippen LogP contribution in [0.5, 0.6) is 0 Å². The Morgan fingerprint density at radius 2 is 1.77 bits per heavy atom. The molecule has 1 aromatic carbocycles. The van der Waals surface area contributed by atoms with Crippen LogP contribution in [0.15, 0.2) is 55.6 Å². The van der Waals surface area contributed by atoms with Crippen LogP contribution in [-0.4, -0.2) is 81.7 Å². The number of para-hydroxylation sites is 1. The maximum atomic E-state index is 14.5. The molecule has 3 amide bonds. The van der Waals surface area contributed by atoms with Crippen LogP contribution in [-0.2, 0) is 19.1 Å². The maximum absolute atomic E-state index is 14.5. The van der Waals surface area contributed by atoms with Gasteiger partial charge in [-0.05, 0) is 65.0 Å². The zero-order valence-electron chi connectivity index (χ0n) is 24.5. The first-order valence-electron chi connectivity index (χ1n) is 14.5. The van der Waals surface area contributed by atoms with Crippen LogP contribution in [0, 0.1) is 11.8 Å². The summed E-state index contributed by atoms with van der Waals surface area (Å²) >= 11 is 0. The SMILES string of the molecule is C=CCN(C(=O)[C@@H]1[C@H]2C(=O)N(CCCCO)C(C(=O)N(CC=C)C(C)(C)C)C23CC[C@@]1(CC)O3)c1ccccc1. The van der Waals surface area contributed by atoms with E-state index in [1.54, 1.807) is 26.9 Å². The zero-order valence-corrected chi connectivity index (χ0v) is 24.5. The highest BCUT2D eigenvalue weighted by atomic mass is 16.5. The fourth-order valence-electron chi connectivity index (χ4n) is 7.21. The molecule has 2 unspecified atom stereocenters. The van der Waals surface area contributed by atoms with Gasteiger partial charge in [0.15, 0.2) is 0 Å². The standard InChI is InChI=1S/C32H45N3O5/c1-7-19-33(23-15-11-10-12-16-23)27(37)24-25-28(38)34(21-13-14-22-36)26(29(39)35(20-8-2)30(4,5)6)32(25)18-17-31(24,9-3)40-32/h7-8,10-12,15-16,24-26,36H,1-2,9,13-14,17-22H2,3-6H3/t24-,25-,26?,31+,32?/m0/s1. The van der Waals surface area contributed by atoms with Crippen molar-refractivity contribution in [2.75, 3.05) is 31.1 Å². The number of carbonyl (C=O) groups is 3. The first kappa shape index (κ1) is 30.0. The molecule has 40 heavy (non-hydrogen) atoms. The fourth-order valence-corrected chi connectivity index (χ4v) is 7.21. The fraction of sp³-hybridized carbons (Fsp3) is 0.594. The highest BCUT2D eigenvalue weighted by Crippen LogP contribution is 2.64. The number of benzene rings is 1. The Balaban J connectivity index is 1.82. The summed E-state index contributed by atoms with van der Waals surface area (Å²) in [4.78, 5) is 48.5. The van der Waals surface area contributed by atoms with Gasteiger partial charge in [-0.15, -0.1) is 13.2 Å². The summed E-state index contributed by atoms with van der Waals surface area (Å²) in [7, 11) is 0. The van der Waals surface area contributed by atoms with Crippen LogP contribution in [0.2, 0.25) is 0 Å². The molecule has 8 nitrogen and oxygen atoms in total. The van der Waals surface area contributed by atoms with E-state index in [2.05, 4.69) is 13.2 Å². The molecule has 8 heteroatoms. The van der Waals surface area contributed by atoms with Crippen molar-refractivity contribution < 1.29 is 24.2 Å². The second-order valence-electron chi connectivity index (χ2n) is 12.3. The molecule has 0 aromatic heterocycles. The third-order valence-electron chi connectivity index (χ3n) is 9.02. The van der Waals surface area contributed by atoms with E-state index in [0.29, 0.717) is 51.7 Å². The Morgan fingerprint density at radius 1 is 1.10 bits per heavy atom. The summed E-state index contributed by atoms with van der Waals surface area (Å²) in [6.07, 6.45) is 6.15. The van der Waals surface area contributed by atoms with E-state index in [9.17, 15) is 19.5 Å². The summed E-state index contributed by atoms with van der Waals surface area (Å²) in [5.41, 5.74) is -1.70. The molecule has 3 aliphatic rings. The lowest BCUT2D eigenvalue weighted by molar-refractivity contribution is -0.155. The number of ether oxygens (including phenoxy) is 1. The van der Waals surface area contributed by atoms with Crippen LogP contribution in [0.4, 0.5) is 5.69 Å². The lowest BCUT2D eigenvalue weighted by Gasteiger charge is -2.42. The Kier molecular flexibility index (Phi) is 8.62. The van der Waals surface area contributed by atoms with Gasteiger partial charge in [0.1, 0.15) is 11.6 Å². The van der Waals surface area contributed by atoms with Gasteiger partial charge in [-0.3, -0.25) is 14.4 Å². The van der Waals surface area contributed by atoms with Crippen molar-refractivity contribution in [2.45, 2.75) is 82.6 Å². The molecule has 3 aliphatic heterocycles. The van der Waals surface area contributed by atoms with Crippen LogP contribution in [0.1, 0.15) is 59.8 Å². The molecule has 3 fully saturated rings. The highest BCUT2D eigenvalue weighted by molar-refractivity contribution is 6.03. The molecule has 2 bridgehead atoms.